The summed E-state index contributed by atoms with van der Waals surface area (Å²) in [6, 6.07) is 6.64. The van der Waals surface area contributed by atoms with Gasteiger partial charge in [-0.3, -0.25) is 9.59 Å². The van der Waals surface area contributed by atoms with Gasteiger partial charge in [0.05, 0.1) is 19.3 Å². The van der Waals surface area contributed by atoms with E-state index in [1.54, 1.807) is 24.3 Å². The number of nitrogens with zero attached hydrogens (tertiary/aromatic N) is 1. The highest BCUT2D eigenvalue weighted by molar-refractivity contribution is 6.12. The fourth-order valence-corrected chi connectivity index (χ4v) is 2.08. The van der Waals surface area contributed by atoms with Crippen molar-refractivity contribution in [3.63, 3.8) is 0 Å². The molecule has 1 aromatic carbocycles. The monoisotopic (exact) mass is 332 g/mol. The van der Waals surface area contributed by atoms with Gasteiger partial charge >= 0.3 is 0 Å². The second kappa shape index (κ2) is 9.68. The van der Waals surface area contributed by atoms with Gasteiger partial charge in [0.25, 0.3) is 0 Å². The summed E-state index contributed by atoms with van der Waals surface area (Å²) in [5, 5.41) is 11.8. The molecule has 0 radical (unpaired) electrons. The van der Waals surface area contributed by atoms with Crippen molar-refractivity contribution in [2.45, 2.75) is 33.3 Å². The van der Waals surface area contributed by atoms with Gasteiger partial charge in [0, 0.05) is 18.7 Å². The Kier molecular flexibility index (Phi) is 7.93. The first kappa shape index (κ1) is 19.7. The normalized spacial score (nSPS) is 11.7. The van der Waals surface area contributed by atoms with E-state index in [-0.39, 0.29) is 11.7 Å². The lowest BCUT2D eigenvalue weighted by molar-refractivity contribution is -0.122. The number of hydrogen-bond donors (Lipinski definition) is 1. The number of amides is 1. The molecule has 130 valence electrons. The van der Waals surface area contributed by atoms with E-state index in [4.69, 9.17) is 9.47 Å². The molecule has 0 aliphatic carbocycles. The summed E-state index contributed by atoms with van der Waals surface area (Å²) in [6.45, 7) is 6.57. The first-order valence-electron chi connectivity index (χ1n) is 7.88. The summed E-state index contributed by atoms with van der Waals surface area (Å²) in [5.74, 6) is -1.95. The van der Waals surface area contributed by atoms with Gasteiger partial charge in [-0.25, -0.2) is 0 Å². The molecule has 0 aliphatic heterocycles. The summed E-state index contributed by atoms with van der Waals surface area (Å²) in [6.07, 6.45) is 0.750. The Morgan fingerprint density at radius 1 is 1.33 bits per heavy atom. The fourth-order valence-electron chi connectivity index (χ4n) is 2.08. The molecule has 6 heteroatoms. The second-order valence-electron chi connectivity index (χ2n) is 5.67. The number of benzene rings is 1. The predicted octanol–water partition coefficient (Wildman–Crippen LogP) is 2.26. The van der Waals surface area contributed by atoms with Gasteiger partial charge in [0.1, 0.15) is 5.75 Å². The van der Waals surface area contributed by atoms with E-state index in [9.17, 15) is 14.9 Å². The molecular formula is C18H24N2O4. The smallest absolute Gasteiger partial charge is 0.245 e. The number of carbonyl (C=O) groups excluding carboxylic acids is 2. The van der Waals surface area contributed by atoms with E-state index < -0.39 is 17.6 Å². The Labute approximate surface area is 142 Å². The van der Waals surface area contributed by atoms with Crippen LogP contribution in [0.3, 0.4) is 0 Å². The van der Waals surface area contributed by atoms with Crippen LogP contribution in [0.25, 0.3) is 0 Å². The van der Waals surface area contributed by atoms with E-state index in [0.717, 1.165) is 5.56 Å². The number of aryl methyl sites for hydroxylation is 1. The number of nitrogens with one attached hydrogen (secondary N) is 1. The molecule has 0 aliphatic rings. The standard InChI is InChI=1S/C18H24N2O4/c1-12(2)24-9-5-8-20-18(22)15(11-19)17(21)14-7-6-13(3)16(10-14)23-4/h6-7,10,12,15H,5,8-9H2,1-4H3,(H,20,22). The highest BCUT2D eigenvalue weighted by Crippen LogP contribution is 2.21. The van der Waals surface area contributed by atoms with Crippen molar-refractivity contribution >= 4 is 11.7 Å². The molecule has 0 fully saturated rings. The molecule has 1 rings (SSSR count). The van der Waals surface area contributed by atoms with Gasteiger partial charge in [-0.2, -0.15) is 5.26 Å². The van der Waals surface area contributed by atoms with Crippen molar-refractivity contribution in [3.05, 3.63) is 29.3 Å². The van der Waals surface area contributed by atoms with Gasteiger partial charge in [-0.1, -0.05) is 12.1 Å². The summed E-state index contributed by atoms with van der Waals surface area (Å²) >= 11 is 0. The molecule has 1 aromatic rings. The zero-order chi connectivity index (χ0) is 18.1. The number of rotatable bonds is 9. The molecule has 0 spiro atoms. The first-order chi connectivity index (χ1) is 11.4. The molecule has 6 nitrogen and oxygen atoms in total. The van der Waals surface area contributed by atoms with Crippen LogP contribution in [0.2, 0.25) is 0 Å². The van der Waals surface area contributed by atoms with Crippen molar-refractivity contribution in [2.24, 2.45) is 5.92 Å². The minimum atomic E-state index is -1.37. The largest absolute Gasteiger partial charge is 0.496 e. The average molecular weight is 332 g/mol. The minimum absolute atomic E-state index is 0.130. The highest BCUT2D eigenvalue weighted by atomic mass is 16.5. The Balaban J connectivity index is 2.66. The lowest BCUT2D eigenvalue weighted by Crippen LogP contribution is -2.35. The van der Waals surface area contributed by atoms with Crippen LogP contribution in [0, 0.1) is 24.2 Å². The maximum Gasteiger partial charge on any atom is 0.245 e. The lowest BCUT2D eigenvalue weighted by Gasteiger charge is -2.12. The maximum atomic E-state index is 12.4. The Bertz CT molecular complexity index is 620. The van der Waals surface area contributed by atoms with Gasteiger partial charge in [0.2, 0.25) is 5.91 Å². The third-order valence-electron chi connectivity index (χ3n) is 3.42. The van der Waals surface area contributed by atoms with E-state index in [0.29, 0.717) is 25.3 Å². The van der Waals surface area contributed by atoms with Crippen LogP contribution in [0.5, 0.6) is 5.75 Å². The van der Waals surface area contributed by atoms with Crippen LogP contribution in [-0.4, -0.2) is 38.1 Å². The number of ether oxygens (including phenoxy) is 2. The molecule has 1 unspecified atom stereocenters. The summed E-state index contributed by atoms with van der Waals surface area (Å²) in [4.78, 5) is 24.5. The molecule has 1 atom stereocenters. The Hall–Kier alpha value is -2.39. The predicted molar refractivity (Wildman–Crippen MR) is 89.9 cm³/mol. The summed E-state index contributed by atoms with van der Waals surface area (Å²) in [7, 11) is 1.50. The minimum Gasteiger partial charge on any atom is -0.496 e. The van der Waals surface area contributed by atoms with Crippen molar-refractivity contribution < 1.29 is 19.1 Å². The molecule has 0 bridgehead atoms. The summed E-state index contributed by atoms with van der Waals surface area (Å²) < 4.78 is 10.5. The quantitative estimate of drug-likeness (QED) is 0.426. The number of Topliss-reactive ketones (excluding diaryl/α,β-unsaturated/α-hetero) is 1. The number of ketones is 1. The molecule has 0 heterocycles. The third kappa shape index (κ3) is 5.67. The van der Waals surface area contributed by atoms with Crippen LogP contribution >= 0.6 is 0 Å². The van der Waals surface area contributed by atoms with Crippen LogP contribution in [-0.2, 0) is 9.53 Å². The fraction of sp³-hybridized carbons (Fsp3) is 0.500. The van der Waals surface area contributed by atoms with E-state index in [1.165, 1.54) is 7.11 Å². The molecule has 1 N–H and O–H groups in total. The van der Waals surface area contributed by atoms with Gasteiger partial charge in [-0.15, -0.1) is 0 Å². The summed E-state index contributed by atoms with van der Waals surface area (Å²) in [5.41, 5.74) is 1.15. The van der Waals surface area contributed by atoms with Crippen molar-refractivity contribution in [1.82, 2.24) is 5.32 Å². The second-order valence-corrected chi connectivity index (χ2v) is 5.67. The van der Waals surface area contributed by atoms with Gasteiger partial charge in [-0.05, 0) is 38.8 Å². The maximum absolute atomic E-state index is 12.4. The van der Waals surface area contributed by atoms with E-state index in [2.05, 4.69) is 5.32 Å². The van der Waals surface area contributed by atoms with Crippen LogP contribution in [0.1, 0.15) is 36.2 Å². The molecule has 1 amide bonds. The molecule has 0 saturated heterocycles. The zero-order valence-corrected chi connectivity index (χ0v) is 14.6. The van der Waals surface area contributed by atoms with Crippen LogP contribution in [0.4, 0.5) is 0 Å². The van der Waals surface area contributed by atoms with Crippen molar-refractivity contribution in [3.8, 4) is 11.8 Å². The van der Waals surface area contributed by atoms with E-state index in [1.807, 2.05) is 20.8 Å². The van der Waals surface area contributed by atoms with Crippen LogP contribution in [0.15, 0.2) is 18.2 Å². The molecule has 24 heavy (non-hydrogen) atoms. The third-order valence-corrected chi connectivity index (χ3v) is 3.42. The zero-order valence-electron chi connectivity index (χ0n) is 14.6. The number of hydrogen-bond acceptors (Lipinski definition) is 5. The number of carbonyl (C=O) groups is 2. The highest BCUT2D eigenvalue weighted by Gasteiger charge is 2.27. The van der Waals surface area contributed by atoms with E-state index >= 15 is 0 Å². The number of methoxy groups -OCH3 is 1. The molecular weight excluding hydrogens is 308 g/mol. The van der Waals surface area contributed by atoms with Gasteiger partial charge < -0.3 is 14.8 Å². The lowest BCUT2D eigenvalue weighted by atomic mass is 9.97. The SMILES string of the molecule is COc1cc(C(=O)C(C#N)C(=O)NCCCOC(C)C)ccc1C. The Morgan fingerprint density at radius 3 is 2.62 bits per heavy atom. The topological polar surface area (TPSA) is 88.4 Å². The van der Waals surface area contributed by atoms with Crippen molar-refractivity contribution in [2.75, 3.05) is 20.3 Å². The number of nitriles is 1. The first-order valence-corrected chi connectivity index (χ1v) is 7.88. The molecule has 0 saturated carbocycles. The Morgan fingerprint density at radius 2 is 2.04 bits per heavy atom. The average Bonchev–Trinajstić information content (AvgIpc) is 2.55. The molecule has 0 aromatic heterocycles. The van der Waals surface area contributed by atoms with Gasteiger partial charge in [0.15, 0.2) is 11.7 Å². The van der Waals surface area contributed by atoms with Crippen molar-refractivity contribution in [1.29, 1.82) is 5.26 Å². The van der Waals surface area contributed by atoms with Crippen LogP contribution < -0.4 is 10.1 Å².